The highest BCUT2D eigenvalue weighted by molar-refractivity contribution is 5.89. The first-order valence-corrected chi connectivity index (χ1v) is 4.92. The van der Waals surface area contributed by atoms with Crippen LogP contribution in [0.4, 0.5) is 0 Å². The summed E-state index contributed by atoms with van der Waals surface area (Å²) < 4.78 is 4.67. The standard InChI is InChI=1S/C13H12O3/c1-3-16-13(15)7-5-11-4-6-12(9-14)10(2)8-11/h4,6,8-9H,3H2,1-2H3. The largest absolute Gasteiger partial charge is 0.456 e. The van der Waals surface area contributed by atoms with Gasteiger partial charge in [-0.15, -0.1) is 0 Å². The highest BCUT2D eigenvalue weighted by atomic mass is 16.5. The van der Waals surface area contributed by atoms with Gasteiger partial charge < -0.3 is 4.74 Å². The molecule has 82 valence electrons. The van der Waals surface area contributed by atoms with E-state index in [2.05, 4.69) is 16.6 Å². The first-order chi connectivity index (χ1) is 7.67. The second-order valence-corrected chi connectivity index (χ2v) is 3.16. The van der Waals surface area contributed by atoms with Gasteiger partial charge in [-0.3, -0.25) is 4.79 Å². The molecule has 0 bridgehead atoms. The molecule has 1 rings (SSSR count). The topological polar surface area (TPSA) is 43.4 Å². The maximum atomic E-state index is 11.0. The number of esters is 1. The lowest BCUT2D eigenvalue weighted by Crippen LogP contribution is -1.99. The van der Waals surface area contributed by atoms with E-state index in [0.717, 1.165) is 11.8 Å². The summed E-state index contributed by atoms with van der Waals surface area (Å²) in [5, 5.41) is 0. The zero-order chi connectivity index (χ0) is 12.0. The minimum atomic E-state index is -0.542. The van der Waals surface area contributed by atoms with Crippen LogP contribution in [0.3, 0.4) is 0 Å². The molecule has 16 heavy (non-hydrogen) atoms. The molecule has 0 radical (unpaired) electrons. The Kier molecular flexibility index (Phi) is 4.28. The van der Waals surface area contributed by atoms with E-state index < -0.39 is 5.97 Å². The van der Waals surface area contributed by atoms with Gasteiger partial charge in [0.15, 0.2) is 0 Å². The molecule has 0 N–H and O–H groups in total. The van der Waals surface area contributed by atoms with Crippen molar-refractivity contribution in [2.75, 3.05) is 6.61 Å². The summed E-state index contributed by atoms with van der Waals surface area (Å²) in [6, 6.07) is 5.14. The maximum Gasteiger partial charge on any atom is 0.384 e. The van der Waals surface area contributed by atoms with Crippen molar-refractivity contribution in [2.45, 2.75) is 13.8 Å². The van der Waals surface area contributed by atoms with Crippen LogP contribution >= 0.6 is 0 Å². The van der Waals surface area contributed by atoms with Gasteiger partial charge in [-0.2, -0.15) is 0 Å². The van der Waals surface area contributed by atoms with E-state index >= 15 is 0 Å². The van der Waals surface area contributed by atoms with Gasteiger partial charge in [0, 0.05) is 17.0 Å². The lowest BCUT2D eigenvalue weighted by atomic mass is 10.1. The Morgan fingerprint density at radius 1 is 1.50 bits per heavy atom. The Labute approximate surface area is 94.4 Å². The fourth-order valence-electron chi connectivity index (χ4n) is 1.18. The van der Waals surface area contributed by atoms with Crippen LogP contribution in [-0.4, -0.2) is 18.9 Å². The molecule has 1 aromatic carbocycles. The maximum absolute atomic E-state index is 11.0. The third kappa shape index (κ3) is 3.25. The van der Waals surface area contributed by atoms with Crippen molar-refractivity contribution in [3.63, 3.8) is 0 Å². The second-order valence-electron chi connectivity index (χ2n) is 3.16. The third-order valence-corrected chi connectivity index (χ3v) is 1.98. The van der Waals surface area contributed by atoms with Crippen LogP contribution in [0.5, 0.6) is 0 Å². The number of aldehydes is 1. The second kappa shape index (κ2) is 5.72. The zero-order valence-electron chi connectivity index (χ0n) is 9.24. The molecular formula is C13H12O3. The van der Waals surface area contributed by atoms with E-state index in [1.807, 2.05) is 6.92 Å². The summed E-state index contributed by atoms with van der Waals surface area (Å²) >= 11 is 0. The van der Waals surface area contributed by atoms with E-state index in [0.29, 0.717) is 17.7 Å². The Morgan fingerprint density at radius 3 is 2.81 bits per heavy atom. The highest BCUT2D eigenvalue weighted by Crippen LogP contribution is 2.07. The minimum Gasteiger partial charge on any atom is -0.456 e. The van der Waals surface area contributed by atoms with Crippen molar-refractivity contribution >= 4 is 12.3 Å². The van der Waals surface area contributed by atoms with Gasteiger partial charge in [0.2, 0.25) is 0 Å². The fourth-order valence-corrected chi connectivity index (χ4v) is 1.18. The zero-order valence-corrected chi connectivity index (χ0v) is 9.24. The van der Waals surface area contributed by atoms with Crippen molar-refractivity contribution in [3.05, 3.63) is 34.9 Å². The summed E-state index contributed by atoms with van der Waals surface area (Å²) in [4.78, 5) is 21.6. The highest BCUT2D eigenvalue weighted by Gasteiger charge is 1.97. The molecule has 0 unspecified atom stereocenters. The van der Waals surface area contributed by atoms with Crippen LogP contribution < -0.4 is 0 Å². The number of aryl methyl sites for hydroxylation is 1. The Hall–Kier alpha value is -2.08. The monoisotopic (exact) mass is 216 g/mol. The van der Waals surface area contributed by atoms with Gasteiger partial charge >= 0.3 is 5.97 Å². The number of hydrogen-bond acceptors (Lipinski definition) is 3. The number of carbonyl (C=O) groups is 2. The third-order valence-electron chi connectivity index (χ3n) is 1.98. The van der Waals surface area contributed by atoms with Crippen molar-refractivity contribution in [2.24, 2.45) is 0 Å². The van der Waals surface area contributed by atoms with E-state index in [-0.39, 0.29) is 0 Å². The molecule has 1 aromatic rings. The van der Waals surface area contributed by atoms with Gasteiger partial charge in [0.05, 0.1) is 6.61 Å². The summed E-state index contributed by atoms with van der Waals surface area (Å²) in [7, 11) is 0. The molecule has 0 amide bonds. The van der Waals surface area contributed by atoms with E-state index in [9.17, 15) is 9.59 Å². The summed E-state index contributed by atoms with van der Waals surface area (Å²) in [6.45, 7) is 3.86. The van der Waals surface area contributed by atoms with Gasteiger partial charge in [-0.1, -0.05) is 12.0 Å². The number of ether oxygens (including phenoxy) is 1. The Balaban J connectivity index is 2.86. The summed E-state index contributed by atoms with van der Waals surface area (Å²) in [5.74, 6) is 4.50. The predicted molar refractivity (Wildman–Crippen MR) is 60.1 cm³/mol. The van der Waals surface area contributed by atoms with Crippen LogP contribution in [0.25, 0.3) is 0 Å². The molecule has 3 heteroatoms. The molecule has 0 aromatic heterocycles. The lowest BCUT2D eigenvalue weighted by Gasteiger charge is -1.97. The van der Waals surface area contributed by atoms with Crippen molar-refractivity contribution in [1.82, 2.24) is 0 Å². The molecule has 0 fully saturated rings. The predicted octanol–water partition coefficient (Wildman–Crippen LogP) is 1.72. The van der Waals surface area contributed by atoms with Gasteiger partial charge in [-0.25, -0.2) is 4.79 Å². The minimum absolute atomic E-state index is 0.316. The first-order valence-electron chi connectivity index (χ1n) is 4.92. The average Bonchev–Trinajstić information content (AvgIpc) is 2.27. The SMILES string of the molecule is CCOC(=O)C#Cc1ccc(C=O)c(C)c1. The molecule has 0 aliphatic carbocycles. The molecule has 0 saturated heterocycles. The molecular weight excluding hydrogens is 204 g/mol. The van der Waals surface area contributed by atoms with Crippen LogP contribution in [-0.2, 0) is 9.53 Å². The lowest BCUT2D eigenvalue weighted by molar-refractivity contribution is -0.136. The first kappa shape index (κ1) is 12.0. The smallest absolute Gasteiger partial charge is 0.384 e. The molecule has 3 nitrogen and oxygen atoms in total. The number of carbonyl (C=O) groups excluding carboxylic acids is 2. The summed E-state index contributed by atoms with van der Waals surface area (Å²) in [5.41, 5.74) is 2.16. The molecule has 0 aliphatic rings. The number of benzene rings is 1. The molecule has 0 aliphatic heterocycles. The average molecular weight is 216 g/mol. The Bertz CT molecular complexity index is 464. The molecule has 0 atom stereocenters. The fraction of sp³-hybridized carbons (Fsp3) is 0.231. The van der Waals surface area contributed by atoms with E-state index in [4.69, 9.17) is 0 Å². The van der Waals surface area contributed by atoms with Crippen LogP contribution in [0.15, 0.2) is 18.2 Å². The van der Waals surface area contributed by atoms with Gasteiger partial charge in [0.1, 0.15) is 6.29 Å². The van der Waals surface area contributed by atoms with Crippen molar-refractivity contribution < 1.29 is 14.3 Å². The Morgan fingerprint density at radius 2 is 2.25 bits per heavy atom. The van der Waals surface area contributed by atoms with E-state index in [1.165, 1.54) is 0 Å². The molecule has 0 spiro atoms. The molecule has 0 saturated carbocycles. The quantitative estimate of drug-likeness (QED) is 0.429. The summed E-state index contributed by atoms with van der Waals surface area (Å²) in [6.07, 6.45) is 0.790. The molecule has 0 heterocycles. The van der Waals surface area contributed by atoms with Crippen LogP contribution in [0.2, 0.25) is 0 Å². The van der Waals surface area contributed by atoms with Gasteiger partial charge in [-0.05, 0) is 31.5 Å². The van der Waals surface area contributed by atoms with Crippen LogP contribution in [0.1, 0.15) is 28.4 Å². The van der Waals surface area contributed by atoms with Crippen LogP contribution in [0, 0.1) is 18.8 Å². The van der Waals surface area contributed by atoms with Crippen molar-refractivity contribution in [3.8, 4) is 11.8 Å². The van der Waals surface area contributed by atoms with Gasteiger partial charge in [0.25, 0.3) is 0 Å². The van der Waals surface area contributed by atoms with Crippen molar-refractivity contribution in [1.29, 1.82) is 0 Å². The number of hydrogen-bond donors (Lipinski definition) is 0. The number of rotatable bonds is 2. The normalized spacial score (nSPS) is 8.88. The van der Waals surface area contributed by atoms with E-state index in [1.54, 1.807) is 25.1 Å².